The van der Waals surface area contributed by atoms with Gasteiger partial charge in [0.2, 0.25) is 0 Å². The van der Waals surface area contributed by atoms with Crippen molar-refractivity contribution in [3.63, 3.8) is 0 Å². The summed E-state index contributed by atoms with van der Waals surface area (Å²) in [6.45, 7) is 0.502. The molecule has 0 fully saturated rings. The van der Waals surface area contributed by atoms with Crippen LogP contribution in [0.5, 0.6) is 0 Å². The van der Waals surface area contributed by atoms with Crippen LogP contribution in [0.25, 0.3) is 11.0 Å². The van der Waals surface area contributed by atoms with Gasteiger partial charge in [0.15, 0.2) is 5.69 Å². The lowest BCUT2D eigenvalue weighted by atomic mass is 10.1. The number of benzene rings is 3. The van der Waals surface area contributed by atoms with Crippen molar-refractivity contribution in [2.75, 3.05) is 10.6 Å². The summed E-state index contributed by atoms with van der Waals surface area (Å²) < 4.78 is 5.41. The van der Waals surface area contributed by atoms with Crippen LogP contribution in [0, 0.1) is 0 Å². The van der Waals surface area contributed by atoms with Crippen molar-refractivity contribution in [2.24, 2.45) is 0 Å². The first-order valence-corrected chi connectivity index (χ1v) is 8.92. The quantitative estimate of drug-likeness (QED) is 0.501. The molecule has 0 saturated carbocycles. The minimum absolute atomic E-state index is 0.100. The minimum atomic E-state index is -0.599. The van der Waals surface area contributed by atoms with Gasteiger partial charge in [0.1, 0.15) is 5.58 Å². The van der Waals surface area contributed by atoms with Gasteiger partial charge in [0.25, 0.3) is 5.91 Å². The van der Waals surface area contributed by atoms with Crippen LogP contribution in [-0.2, 0) is 6.54 Å². The van der Waals surface area contributed by atoms with Crippen molar-refractivity contribution in [1.29, 1.82) is 0 Å². The maximum Gasteiger partial charge on any atom is 0.362 e. The van der Waals surface area contributed by atoms with E-state index in [0.717, 1.165) is 10.9 Å². The summed E-state index contributed by atoms with van der Waals surface area (Å²) >= 11 is 0. The molecule has 4 rings (SSSR count). The van der Waals surface area contributed by atoms with Crippen LogP contribution in [0.4, 0.5) is 11.4 Å². The van der Waals surface area contributed by atoms with E-state index >= 15 is 0 Å². The van der Waals surface area contributed by atoms with Gasteiger partial charge >= 0.3 is 5.63 Å². The molecule has 138 valence electrons. The van der Waals surface area contributed by atoms with Gasteiger partial charge in [0, 0.05) is 17.5 Å². The van der Waals surface area contributed by atoms with Gasteiger partial charge in [-0.3, -0.25) is 4.79 Å². The second-order valence-electron chi connectivity index (χ2n) is 6.29. The summed E-state index contributed by atoms with van der Waals surface area (Å²) in [5, 5.41) is 6.73. The fourth-order valence-corrected chi connectivity index (χ4v) is 3.01. The number of nitrogens with one attached hydrogen (secondary N) is 2. The highest BCUT2D eigenvalue weighted by atomic mass is 16.4. The number of rotatable bonds is 5. The number of amides is 1. The number of hydrogen-bond donors (Lipinski definition) is 2. The Balaban J connectivity index is 1.75. The standard InChI is InChI=1S/C23H18N2O3/c26-22(17-11-5-2-6-12-17)25-21-20(24-15-16-9-3-1-4-10-16)18-13-7-8-14-19(18)28-23(21)27/h1-14,24H,15H2,(H,25,26). The summed E-state index contributed by atoms with van der Waals surface area (Å²) in [5.74, 6) is -0.369. The summed E-state index contributed by atoms with van der Waals surface area (Å²) in [6.07, 6.45) is 0. The molecule has 0 spiro atoms. The van der Waals surface area contributed by atoms with E-state index in [0.29, 0.717) is 23.4 Å². The van der Waals surface area contributed by atoms with Gasteiger partial charge in [0.05, 0.1) is 5.69 Å². The fourth-order valence-electron chi connectivity index (χ4n) is 3.01. The Hall–Kier alpha value is -3.86. The minimum Gasteiger partial charge on any atom is -0.421 e. The summed E-state index contributed by atoms with van der Waals surface area (Å²) in [4.78, 5) is 25.2. The monoisotopic (exact) mass is 370 g/mol. The van der Waals surface area contributed by atoms with Gasteiger partial charge in [-0.1, -0.05) is 60.7 Å². The van der Waals surface area contributed by atoms with Crippen LogP contribution in [0.2, 0.25) is 0 Å². The second kappa shape index (κ2) is 7.80. The highest BCUT2D eigenvalue weighted by Gasteiger charge is 2.17. The first-order valence-electron chi connectivity index (χ1n) is 8.92. The number of anilines is 2. The van der Waals surface area contributed by atoms with Crippen LogP contribution in [0.3, 0.4) is 0 Å². The Kier molecular flexibility index (Phi) is 4.89. The van der Waals surface area contributed by atoms with E-state index in [2.05, 4.69) is 10.6 Å². The topological polar surface area (TPSA) is 71.3 Å². The van der Waals surface area contributed by atoms with Gasteiger partial charge in [-0.05, 0) is 29.8 Å². The molecule has 4 aromatic rings. The molecule has 0 atom stereocenters. The Morgan fingerprint density at radius 3 is 2.18 bits per heavy atom. The van der Waals surface area contributed by atoms with Crippen molar-refractivity contribution in [1.82, 2.24) is 0 Å². The van der Waals surface area contributed by atoms with Crippen molar-refractivity contribution in [3.8, 4) is 0 Å². The Morgan fingerprint density at radius 1 is 0.786 bits per heavy atom. The SMILES string of the molecule is O=C(Nc1c(NCc2ccccc2)c2ccccc2oc1=O)c1ccccc1. The lowest BCUT2D eigenvalue weighted by molar-refractivity contribution is 0.102. The summed E-state index contributed by atoms with van der Waals surface area (Å²) in [7, 11) is 0. The Bertz CT molecular complexity index is 1170. The third kappa shape index (κ3) is 3.64. The first-order chi connectivity index (χ1) is 13.7. The van der Waals surface area contributed by atoms with E-state index in [1.165, 1.54) is 0 Å². The average molecular weight is 370 g/mol. The number of carbonyl (C=O) groups excluding carboxylic acids is 1. The average Bonchev–Trinajstić information content (AvgIpc) is 2.75. The van der Waals surface area contributed by atoms with Crippen molar-refractivity contribution >= 4 is 28.3 Å². The van der Waals surface area contributed by atoms with E-state index in [1.807, 2.05) is 48.5 Å². The highest BCUT2D eigenvalue weighted by Crippen LogP contribution is 2.29. The molecule has 0 aliphatic rings. The van der Waals surface area contributed by atoms with Crippen LogP contribution in [0.15, 0.2) is 94.1 Å². The number of para-hydroxylation sites is 1. The first kappa shape index (κ1) is 17.5. The Morgan fingerprint density at radius 2 is 1.43 bits per heavy atom. The van der Waals surface area contributed by atoms with E-state index < -0.39 is 5.63 Å². The van der Waals surface area contributed by atoms with Crippen LogP contribution in [0.1, 0.15) is 15.9 Å². The number of fused-ring (bicyclic) bond motifs is 1. The molecule has 5 heteroatoms. The molecule has 5 nitrogen and oxygen atoms in total. The van der Waals surface area contributed by atoms with E-state index in [4.69, 9.17) is 4.42 Å². The molecule has 0 saturated heterocycles. The van der Waals surface area contributed by atoms with Gasteiger partial charge in [-0.15, -0.1) is 0 Å². The lowest BCUT2D eigenvalue weighted by Gasteiger charge is -2.14. The van der Waals surface area contributed by atoms with Gasteiger partial charge in [-0.25, -0.2) is 4.79 Å². The normalized spacial score (nSPS) is 10.6. The van der Waals surface area contributed by atoms with Crippen LogP contribution in [-0.4, -0.2) is 5.91 Å². The summed E-state index contributed by atoms with van der Waals surface area (Å²) in [5.41, 5.74) is 2.02. The Labute approximate surface area is 161 Å². The fraction of sp³-hybridized carbons (Fsp3) is 0.0435. The highest BCUT2D eigenvalue weighted by molar-refractivity contribution is 6.08. The van der Waals surface area contributed by atoms with Crippen LogP contribution < -0.4 is 16.3 Å². The number of hydrogen-bond acceptors (Lipinski definition) is 4. The van der Waals surface area contributed by atoms with E-state index in [9.17, 15) is 9.59 Å². The predicted molar refractivity (Wildman–Crippen MR) is 111 cm³/mol. The molecule has 3 aromatic carbocycles. The molecule has 0 aliphatic heterocycles. The second-order valence-corrected chi connectivity index (χ2v) is 6.29. The molecule has 1 aromatic heterocycles. The van der Waals surface area contributed by atoms with Crippen molar-refractivity contribution < 1.29 is 9.21 Å². The zero-order chi connectivity index (χ0) is 19.3. The largest absolute Gasteiger partial charge is 0.421 e. The van der Waals surface area contributed by atoms with Gasteiger partial charge < -0.3 is 15.1 Å². The molecule has 1 heterocycles. The van der Waals surface area contributed by atoms with Gasteiger partial charge in [-0.2, -0.15) is 0 Å². The molecule has 0 unspecified atom stereocenters. The van der Waals surface area contributed by atoms with E-state index in [1.54, 1.807) is 36.4 Å². The molecular formula is C23H18N2O3. The third-order valence-corrected chi connectivity index (χ3v) is 4.40. The molecule has 0 aliphatic carbocycles. The van der Waals surface area contributed by atoms with Crippen LogP contribution >= 0.6 is 0 Å². The molecule has 2 N–H and O–H groups in total. The zero-order valence-electron chi connectivity index (χ0n) is 15.0. The van der Waals surface area contributed by atoms with E-state index in [-0.39, 0.29) is 11.6 Å². The molecule has 1 amide bonds. The third-order valence-electron chi connectivity index (χ3n) is 4.40. The zero-order valence-corrected chi connectivity index (χ0v) is 15.0. The molecule has 28 heavy (non-hydrogen) atoms. The van der Waals surface area contributed by atoms with Crippen molar-refractivity contribution in [2.45, 2.75) is 6.54 Å². The maximum absolute atomic E-state index is 12.6. The molecular weight excluding hydrogens is 352 g/mol. The lowest BCUT2D eigenvalue weighted by Crippen LogP contribution is -2.20. The maximum atomic E-state index is 12.6. The predicted octanol–water partition coefficient (Wildman–Crippen LogP) is 4.66. The molecule has 0 radical (unpaired) electrons. The smallest absolute Gasteiger partial charge is 0.362 e. The summed E-state index contributed by atoms with van der Waals surface area (Å²) in [6, 6.07) is 25.8. The molecule has 0 bridgehead atoms. The van der Waals surface area contributed by atoms with Crippen molar-refractivity contribution in [3.05, 3.63) is 106 Å². The number of carbonyl (C=O) groups is 1.